The minimum Gasteiger partial charge on any atom is -0.397 e. The third kappa shape index (κ3) is 3.15. The van der Waals surface area contributed by atoms with Crippen LogP contribution in [-0.4, -0.2) is 8.42 Å². The Balaban J connectivity index is 2.47. The number of para-hydroxylation sites is 1. The van der Waals surface area contributed by atoms with Crippen LogP contribution in [0.25, 0.3) is 0 Å². The Morgan fingerprint density at radius 2 is 1.75 bits per heavy atom. The zero-order chi connectivity index (χ0) is 14.9. The van der Waals surface area contributed by atoms with Crippen molar-refractivity contribution in [1.82, 2.24) is 0 Å². The number of aryl methyl sites for hydroxylation is 2. The van der Waals surface area contributed by atoms with Gasteiger partial charge >= 0.3 is 0 Å². The van der Waals surface area contributed by atoms with Crippen molar-refractivity contribution in [2.75, 3.05) is 5.73 Å². The molecule has 0 radical (unpaired) electrons. The minimum atomic E-state index is -3.80. The van der Waals surface area contributed by atoms with Gasteiger partial charge in [-0.2, -0.15) is 0 Å². The summed E-state index contributed by atoms with van der Waals surface area (Å²) in [5.74, 6) is 0. The standard InChI is InChI=1S/C14H16N2O2S2/c1-9-6-7-10(2)12(8-9)19-11-4-3-5-13(14(11)15)20(16,17)18/h3-8H,15H2,1-2H3,(H2,16,17,18). The zero-order valence-electron chi connectivity index (χ0n) is 11.3. The summed E-state index contributed by atoms with van der Waals surface area (Å²) in [6.45, 7) is 4.01. The highest BCUT2D eigenvalue weighted by Crippen LogP contribution is 2.36. The molecule has 6 heteroatoms. The molecule has 0 spiro atoms. The van der Waals surface area contributed by atoms with Gasteiger partial charge in [-0.1, -0.05) is 30.0 Å². The van der Waals surface area contributed by atoms with Crippen LogP contribution in [-0.2, 0) is 10.0 Å². The second-order valence-corrected chi connectivity index (χ2v) is 7.20. The second kappa shape index (κ2) is 5.47. The molecule has 0 aromatic heterocycles. The van der Waals surface area contributed by atoms with Gasteiger partial charge in [-0.05, 0) is 43.2 Å². The van der Waals surface area contributed by atoms with E-state index < -0.39 is 10.0 Å². The Labute approximate surface area is 123 Å². The van der Waals surface area contributed by atoms with Gasteiger partial charge in [0, 0.05) is 9.79 Å². The Bertz CT molecular complexity index is 756. The van der Waals surface area contributed by atoms with Crippen LogP contribution in [0, 0.1) is 13.8 Å². The van der Waals surface area contributed by atoms with Gasteiger partial charge in [-0.15, -0.1) is 0 Å². The number of nitrogen functional groups attached to an aromatic ring is 1. The van der Waals surface area contributed by atoms with Crippen molar-refractivity contribution in [3.8, 4) is 0 Å². The van der Waals surface area contributed by atoms with Gasteiger partial charge in [0.15, 0.2) is 0 Å². The smallest absolute Gasteiger partial charge is 0.240 e. The average Bonchev–Trinajstić information content (AvgIpc) is 2.35. The number of hydrogen-bond acceptors (Lipinski definition) is 4. The molecule has 4 nitrogen and oxygen atoms in total. The molecule has 0 saturated carbocycles. The van der Waals surface area contributed by atoms with E-state index in [1.54, 1.807) is 12.1 Å². The first-order valence-corrected chi connectivity index (χ1v) is 8.31. The Morgan fingerprint density at radius 1 is 1.05 bits per heavy atom. The molecule has 20 heavy (non-hydrogen) atoms. The van der Waals surface area contributed by atoms with E-state index in [0.29, 0.717) is 4.90 Å². The lowest BCUT2D eigenvalue weighted by atomic mass is 10.2. The highest BCUT2D eigenvalue weighted by atomic mass is 32.2. The molecule has 0 aliphatic heterocycles. The summed E-state index contributed by atoms with van der Waals surface area (Å²) in [6, 6.07) is 10.9. The van der Waals surface area contributed by atoms with Crippen molar-refractivity contribution in [2.24, 2.45) is 5.14 Å². The molecule has 2 aromatic rings. The lowest BCUT2D eigenvalue weighted by Gasteiger charge is -2.11. The molecule has 2 rings (SSSR count). The summed E-state index contributed by atoms with van der Waals surface area (Å²) in [5.41, 5.74) is 8.37. The van der Waals surface area contributed by atoms with Gasteiger partial charge in [-0.25, -0.2) is 13.6 Å². The van der Waals surface area contributed by atoms with Crippen LogP contribution < -0.4 is 10.9 Å². The number of rotatable bonds is 3. The summed E-state index contributed by atoms with van der Waals surface area (Å²) >= 11 is 1.44. The van der Waals surface area contributed by atoms with E-state index in [9.17, 15) is 8.42 Å². The number of hydrogen-bond donors (Lipinski definition) is 2. The first kappa shape index (κ1) is 14.9. The van der Waals surface area contributed by atoms with Crippen molar-refractivity contribution >= 4 is 27.5 Å². The van der Waals surface area contributed by atoms with Crippen molar-refractivity contribution in [1.29, 1.82) is 0 Å². The fourth-order valence-electron chi connectivity index (χ4n) is 1.80. The van der Waals surface area contributed by atoms with Crippen molar-refractivity contribution in [2.45, 2.75) is 28.5 Å². The van der Waals surface area contributed by atoms with Gasteiger partial charge in [0.1, 0.15) is 4.90 Å². The molecule has 0 unspecified atom stereocenters. The topological polar surface area (TPSA) is 86.2 Å². The number of nitrogens with two attached hydrogens (primary N) is 2. The maximum Gasteiger partial charge on any atom is 0.240 e. The van der Waals surface area contributed by atoms with E-state index >= 15 is 0 Å². The summed E-state index contributed by atoms with van der Waals surface area (Å²) in [5, 5.41) is 5.16. The fourth-order valence-corrected chi connectivity index (χ4v) is 3.62. The first-order chi connectivity index (χ1) is 9.29. The predicted octanol–water partition coefficient (Wildman–Crippen LogP) is 2.68. The number of anilines is 1. The minimum absolute atomic E-state index is 0.0344. The molecule has 0 amide bonds. The highest BCUT2D eigenvalue weighted by Gasteiger charge is 2.15. The second-order valence-electron chi connectivity index (χ2n) is 4.58. The van der Waals surface area contributed by atoms with E-state index in [1.807, 2.05) is 32.0 Å². The lowest BCUT2D eigenvalue weighted by Crippen LogP contribution is -2.14. The van der Waals surface area contributed by atoms with Crippen LogP contribution in [0.3, 0.4) is 0 Å². The summed E-state index contributed by atoms with van der Waals surface area (Å²) in [6.07, 6.45) is 0. The molecule has 0 aliphatic carbocycles. The highest BCUT2D eigenvalue weighted by molar-refractivity contribution is 7.99. The van der Waals surface area contributed by atoms with Gasteiger partial charge < -0.3 is 5.73 Å². The fraction of sp³-hybridized carbons (Fsp3) is 0.143. The van der Waals surface area contributed by atoms with Crippen LogP contribution in [0.2, 0.25) is 0 Å². The van der Waals surface area contributed by atoms with Crippen molar-refractivity contribution < 1.29 is 8.42 Å². The van der Waals surface area contributed by atoms with E-state index in [2.05, 4.69) is 0 Å². The molecule has 0 bridgehead atoms. The summed E-state index contributed by atoms with van der Waals surface area (Å²) in [4.78, 5) is 1.70. The van der Waals surface area contributed by atoms with E-state index in [0.717, 1.165) is 16.0 Å². The van der Waals surface area contributed by atoms with Crippen molar-refractivity contribution in [3.05, 3.63) is 47.5 Å². The molecule has 106 valence electrons. The van der Waals surface area contributed by atoms with Gasteiger partial charge in [0.05, 0.1) is 5.69 Å². The third-order valence-electron chi connectivity index (χ3n) is 2.90. The molecule has 0 saturated heterocycles. The normalized spacial score (nSPS) is 11.6. The molecular formula is C14H16N2O2S2. The summed E-state index contributed by atoms with van der Waals surface area (Å²) < 4.78 is 22.9. The molecular weight excluding hydrogens is 292 g/mol. The van der Waals surface area contributed by atoms with Gasteiger partial charge in [0.2, 0.25) is 10.0 Å². The summed E-state index contributed by atoms with van der Waals surface area (Å²) in [7, 11) is -3.80. The Kier molecular flexibility index (Phi) is 4.08. The van der Waals surface area contributed by atoms with Gasteiger partial charge in [0.25, 0.3) is 0 Å². The Hall–Kier alpha value is -1.50. The van der Waals surface area contributed by atoms with Gasteiger partial charge in [-0.3, -0.25) is 0 Å². The quantitative estimate of drug-likeness (QED) is 0.854. The van der Waals surface area contributed by atoms with Crippen LogP contribution in [0.4, 0.5) is 5.69 Å². The van der Waals surface area contributed by atoms with Crippen LogP contribution >= 0.6 is 11.8 Å². The first-order valence-electron chi connectivity index (χ1n) is 5.95. The molecule has 0 aliphatic rings. The average molecular weight is 308 g/mol. The van der Waals surface area contributed by atoms with E-state index in [-0.39, 0.29) is 10.6 Å². The lowest BCUT2D eigenvalue weighted by molar-refractivity contribution is 0.598. The molecule has 0 fully saturated rings. The van der Waals surface area contributed by atoms with Crippen LogP contribution in [0.15, 0.2) is 51.1 Å². The van der Waals surface area contributed by atoms with E-state index in [1.165, 1.54) is 17.8 Å². The van der Waals surface area contributed by atoms with Crippen molar-refractivity contribution in [3.63, 3.8) is 0 Å². The van der Waals surface area contributed by atoms with Crippen LogP contribution in [0.5, 0.6) is 0 Å². The maximum atomic E-state index is 11.5. The SMILES string of the molecule is Cc1ccc(C)c(Sc2cccc(S(N)(=O)=O)c2N)c1. The largest absolute Gasteiger partial charge is 0.397 e. The predicted molar refractivity (Wildman–Crippen MR) is 82.3 cm³/mol. The molecule has 0 heterocycles. The maximum absolute atomic E-state index is 11.5. The monoisotopic (exact) mass is 308 g/mol. The third-order valence-corrected chi connectivity index (χ3v) is 5.10. The Morgan fingerprint density at radius 3 is 2.40 bits per heavy atom. The molecule has 4 N–H and O–H groups in total. The van der Waals surface area contributed by atoms with Crippen LogP contribution in [0.1, 0.15) is 11.1 Å². The molecule has 2 aromatic carbocycles. The number of primary sulfonamides is 1. The van der Waals surface area contributed by atoms with E-state index in [4.69, 9.17) is 10.9 Å². The number of benzene rings is 2. The number of sulfonamides is 1. The molecule has 0 atom stereocenters. The zero-order valence-corrected chi connectivity index (χ0v) is 12.9.